The highest BCUT2D eigenvalue weighted by molar-refractivity contribution is 6.01. The summed E-state index contributed by atoms with van der Waals surface area (Å²) in [6.45, 7) is 0. The summed E-state index contributed by atoms with van der Waals surface area (Å²) < 4.78 is 26.7. The summed E-state index contributed by atoms with van der Waals surface area (Å²) in [7, 11) is 0. The summed E-state index contributed by atoms with van der Waals surface area (Å²) >= 11 is 0. The summed E-state index contributed by atoms with van der Waals surface area (Å²) in [5.41, 5.74) is 13.6. The Balaban J connectivity index is 1.07. The third kappa shape index (κ3) is 4.07. The smallest absolute Gasteiger partial charge is 0.135 e. The molecule has 0 radical (unpaired) electrons. The van der Waals surface area contributed by atoms with Gasteiger partial charge in [0, 0.05) is 51.6 Å². The van der Waals surface area contributed by atoms with E-state index in [1.165, 1.54) is 38.8 Å². The number of hydrogen-bond acceptors (Lipinski definition) is 4. The molecule has 0 N–H and O–H groups in total. The van der Waals surface area contributed by atoms with E-state index in [-0.39, 0.29) is 0 Å². The van der Waals surface area contributed by atoms with Crippen molar-refractivity contribution in [2.24, 2.45) is 0 Å². The quantitative estimate of drug-likeness (QED) is 0.182. The van der Waals surface area contributed by atoms with Crippen LogP contribution in [0, 0.1) is 0 Å². The summed E-state index contributed by atoms with van der Waals surface area (Å²) in [4.78, 5) is 0. The number of benzene rings is 4. The van der Waals surface area contributed by atoms with Gasteiger partial charge < -0.3 is 18.3 Å². The average Bonchev–Trinajstić information content (AvgIpc) is 3.79. The molecule has 4 nitrogen and oxygen atoms in total. The lowest BCUT2D eigenvalue weighted by Crippen LogP contribution is -2.39. The van der Waals surface area contributed by atoms with Gasteiger partial charge in [-0.3, -0.25) is 0 Å². The van der Waals surface area contributed by atoms with Gasteiger partial charge in [-0.15, -0.1) is 0 Å². The lowest BCUT2D eigenvalue weighted by molar-refractivity contribution is 0.367. The molecule has 0 saturated carbocycles. The third-order valence-corrected chi connectivity index (χ3v) is 12.3. The Hall–Kier alpha value is -6.00. The van der Waals surface area contributed by atoms with E-state index in [0.717, 1.165) is 125 Å². The molecule has 1 atom stereocenters. The van der Waals surface area contributed by atoms with Crippen molar-refractivity contribution in [3.8, 4) is 28.4 Å². The van der Waals surface area contributed by atoms with Gasteiger partial charge in [0.15, 0.2) is 0 Å². The fourth-order valence-corrected chi connectivity index (χ4v) is 10.1. The second-order valence-corrected chi connectivity index (χ2v) is 15.1. The first-order chi connectivity index (χ1) is 26.3. The highest BCUT2D eigenvalue weighted by atomic mass is 16.5. The van der Waals surface area contributed by atoms with E-state index in [1.807, 2.05) is 0 Å². The minimum absolute atomic E-state index is 0.579. The molecule has 256 valence electrons. The van der Waals surface area contributed by atoms with Crippen molar-refractivity contribution in [1.82, 2.24) is 0 Å². The Morgan fingerprint density at radius 2 is 1.34 bits per heavy atom. The standard InChI is InChI=1S/C49H36O4/c1-5-17-39-33(11-1)47-31(13-9-21-43(47)50-39)29-23-25-37-45(27-29)52-41-19-7-3-15-35(41)49(37)36-16-4-8-20-42(36)53-46-28-30(24-26-38(46)49)32-14-10-22-44-48(32)34-12-2-6-18-40(34)51-44/h1,3,6-9,11,13-15,18-21,23-28H,2,4-5,10,12,16-17,22H2. The van der Waals surface area contributed by atoms with Crippen LogP contribution < -0.4 is 9.47 Å². The summed E-state index contributed by atoms with van der Waals surface area (Å²) in [6.07, 6.45) is 23.5. The molecule has 0 bridgehead atoms. The van der Waals surface area contributed by atoms with Gasteiger partial charge in [-0.05, 0) is 103 Å². The van der Waals surface area contributed by atoms with Crippen LogP contribution in [0.1, 0.15) is 88.3 Å². The van der Waals surface area contributed by atoms with Gasteiger partial charge >= 0.3 is 0 Å². The number of para-hydroxylation sites is 1. The van der Waals surface area contributed by atoms with Crippen LogP contribution in [0.2, 0.25) is 0 Å². The minimum Gasteiger partial charge on any atom is -0.461 e. The summed E-state index contributed by atoms with van der Waals surface area (Å²) in [5.74, 6) is 6.81. The molecule has 4 heteroatoms. The first kappa shape index (κ1) is 29.6. The van der Waals surface area contributed by atoms with Crippen LogP contribution in [-0.2, 0) is 24.7 Å². The van der Waals surface area contributed by atoms with E-state index in [4.69, 9.17) is 18.3 Å². The van der Waals surface area contributed by atoms with Crippen molar-refractivity contribution in [3.63, 3.8) is 0 Å². The zero-order valence-electron chi connectivity index (χ0n) is 29.3. The number of fused-ring (bicyclic) bond motifs is 13. The molecule has 0 amide bonds. The maximum absolute atomic E-state index is 6.97. The lowest BCUT2D eigenvalue weighted by atomic mass is 9.60. The largest absolute Gasteiger partial charge is 0.461 e. The molecule has 53 heavy (non-hydrogen) atoms. The molecule has 1 unspecified atom stereocenters. The van der Waals surface area contributed by atoms with E-state index in [2.05, 4.69) is 121 Å². The van der Waals surface area contributed by atoms with Gasteiger partial charge in [0.25, 0.3) is 0 Å². The number of ether oxygens (including phenoxy) is 2. The van der Waals surface area contributed by atoms with E-state index in [0.29, 0.717) is 0 Å². The Labute approximate surface area is 308 Å². The molecule has 2 aromatic heterocycles. The molecule has 4 aromatic carbocycles. The Bertz CT molecular complexity index is 2740. The highest BCUT2D eigenvalue weighted by Gasteiger charge is 2.51. The summed E-state index contributed by atoms with van der Waals surface area (Å²) in [5, 5.41) is 1.17. The minimum atomic E-state index is -0.579. The molecule has 6 aromatic rings. The second-order valence-electron chi connectivity index (χ2n) is 15.1. The van der Waals surface area contributed by atoms with Gasteiger partial charge in [0.2, 0.25) is 0 Å². The fourth-order valence-electron chi connectivity index (χ4n) is 10.1. The summed E-state index contributed by atoms with van der Waals surface area (Å²) in [6, 6.07) is 28.8. The molecule has 4 heterocycles. The maximum atomic E-state index is 6.97. The van der Waals surface area contributed by atoms with Gasteiger partial charge in [-0.25, -0.2) is 0 Å². The normalized spacial score (nSPS) is 20.0. The predicted octanol–water partition coefficient (Wildman–Crippen LogP) is 12.4. The van der Waals surface area contributed by atoms with Crippen LogP contribution in [0.3, 0.4) is 0 Å². The van der Waals surface area contributed by atoms with Gasteiger partial charge in [-0.2, -0.15) is 0 Å². The number of aryl methyl sites for hydroxylation is 2. The van der Waals surface area contributed by atoms with E-state index < -0.39 is 5.41 Å². The van der Waals surface area contributed by atoms with Gasteiger partial charge in [-0.1, -0.05) is 85.0 Å². The van der Waals surface area contributed by atoms with E-state index in [1.54, 1.807) is 0 Å². The van der Waals surface area contributed by atoms with Gasteiger partial charge in [0.1, 0.15) is 45.9 Å². The number of furan rings is 2. The molecule has 0 fully saturated rings. The van der Waals surface area contributed by atoms with E-state index in [9.17, 15) is 0 Å². The van der Waals surface area contributed by atoms with Crippen molar-refractivity contribution >= 4 is 28.7 Å². The SMILES string of the molecule is C1=CC2=C(CC1)C1(c3ccc(C4=CCCc5oc6c(c54)CCC=C6)cc3O2)c2ccccc2Oc2cc(-c3cccc4oc5c(c34)C=CCC5)ccc21. The average molecular weight is 689 g/mol. The Kier molecular flexibility index (Phi) is 6.14. The molecule has 1 spiro atoms. The fraction of sp³-hybridized carbons (Fsp3) is 0.184. The number of hydrogen-bond donors (Lipinski definition) is 0. The molecular formula is C49H36O4. The van der Waals surface area contributed by atoms with Crippen LogP contribution in [0.4, 0.5) is 0 Å². The molecule has 0 saturated heterocycles. The Morgan fingerprint density at radius 1 is 0.566 bits per heavy atom. The van der Waals surface area contributed by atoms with Crippen LogP contribution >= 0.6 is 0 Å². The van der Waals surface area contributed by atoms with Crippen LogP contribution in [0.5, 0.6) is 17.2 Å². The molecule has 6 aliphatic rings. The molecule has 12 rings (SSSR count). The molecule has 2 aliphatic heterocycles. The van der Waals surface area contributed by atoms with Crippen molar-refractivity contribution in [2.45, 2.75) is 56.8 Å². The Morgan fingerprint density at radius 3 is 2.30 bits per heavy atom. The van der Waals surface area contributed by atoms with Crippen LogP contribution in [0.25, 0.3) is 39.8 Å². The zero-order valence-corrected chi connectivity index (χ0v) is 29.3. The van der Waals surface area contributed by atoms with Crippen molar-refractivity contribution in [1.29, 1.82) is 0 Å². The molecule has 4 aliphatic carbocycles. The van der Waals surface area contributed by atoms with E-state index >= 15 is 0 Å². The van der Waals surface area contributed by atoms with Crippen molar-refractivity contribution in [2.75, 3.05) is 0 Å². The topological polar surface area (TPSA) is 44.7 Å². The maximum Gasteiger partial charge on any atom is 0.135 e. The zero-order chi connectivity index (χ0) is 34.7. The highest BCUT2D eigenvalue weighted by Crippen LogP contribution is 2.62. The van der Waals surface area contributed by atoms with Crippen LogP contribution in [0.15, 0.2) is 129 Å². The van der Waals surface area contributed by atoms with Crippen LogP contribution in [-0.4, -0.2) is 0 Å². The van der Waals surface area contributed by atoms with Crippen molar-refractivity contribution < 1.29 is 18.3 Å². The first-order valence-corrected chi connectivity index (χ1v) is 19.1. The monoisotopic (exact) mass is 688 g/mol. The first-order valence-electron chi connectivity index (χ1n) is 19.1. The lowest BCUT2D eigenvalue weighted by Gasteiger charge is -2.46. The molecular weight excluding hydrogens is 653 g/mol. The number of rotatable bonds is 2. The third-order valence-electron chi connectivity index (χ3n) is 12.3. The van der Waals surface area contributed by atoms with Crippen molar-refractivity contribution in [3.05, 3.63) is 177 Å². The predicted molar refractivity (Wildman–Crippen MR) is 209 cm³/mol. The second kappa shape index (κ2) is 11.0. The number of allylic oxidation sites excluding steroid dienone is 6. The van der Waals surface area contributed by atoms with Gasteiger partial charge in [0.05, 0.1) is 5.41 Å².